The molecule has 1 aliphatic rings. The predicted molar refractivity (Wildman–Crippen MR) is 98.0 cm³/mol. The van der Waals surface area contributed by atoms with Crippen LogP contribution in [0.5, 0.6) is 0 Å². The average Bonchev–Trinajstić information content (AvgIpc) is 2.63. The zero-order valence-electron chi connectivity index (χ0n) is 15.0. The first-order chi connectivity index (χ1) is 12.0. The molecule has 0 radical (unpaired) electrons. The molecule has 1 N–H and O–H groups in total. The molecule has 1 amide bonds. The highest BCUT2D eigenvalue weighted by molar-refractivity contribution is 7.89. The Morgan fingerprint density at radius 1 is 1.20 bits per heavy atom. The fraction of sp³-hybridized carbons (Fsp3) is 0.611. The van der Waals surface area contributed by atoms with Crippen LogP contribution >= 0.6 is 0 Å². The van der Waals surface area contributed by atoms with Crippen molar-refractivity contribution in [1.82, 2.24) is 4.31 Å². The topological polar surface area (TPSA) is 75.7 Å². The number of sulfonamides is 1. The van der Waals surface area contributed by atoms with Crippen molar-refractivity contribution in [3.05, 3.63) is 24.3 Å². The van der Waals surface area contributed by atoms with Crippen molar-refractivity contribution in [1.29, 1.82) is 0 Å². The lowest BCUT2D eigenvalue weighted by Crippen LogP contribution is -2.40. The maximum absolute atomic E-state index is 12.6. The molecule has 0 aliphatic carbocycles. The third-order valence-corrected chi connectivity index (χ3v) is 6.41. The van der Waals surface area contributed by atoms with Crippen LogP contribution in [0.2, 0.25) is 0 Å². The van der Waals surface area contributed by atoms with Crippen molar-refractivity contribution in [2.75, 3.05) is 31.6 Å². The van der Waals surface area contributed by atoms with Crippen molar-refractivity contribution < 1.29 is 17.9 Å². The number of benzene rings is 1. The monoisotopic (exact) mass is 368 g/mol. The van der Waals surface area contributed by atoms with Crippen molar-refractivity contribution in [2.45, 2.75) is 44.4 Å². The molecule has 1 heterocycles. The van der Waals surface area contributed by atoms with Crippen LogP contribution in [0.4, 0.5) is 5.69 Å². The summed E-state index contributed by atoms with van der Waals surface area (Å²) in [6.07, 6.45) is 3.78. The zero-order chi connectivity index (χ0) is 18.3. The molecule has 0 spiro atoms. The molecule has 1 saturated heterocycles. The van der Waals surface area contributed by atoms with Crippen LogP contribution in [0.25, 0.3) is 0 Å². The van der Waals surface area contributed by atoms with E-state index in [1.807, 2.05) is 6.92 Å². The van der Waals surface area contributed by atoms with E-state index in [9.17, 15) is 13.2 Å². The molecule has 7 heteroatoms. The normalized spacial score (nSPS) is 17.2. The number of rotatable bonds is 8. The van der Waals surface area contributed by atoms with E-state index in [-0.39, 0.29) is 16.7 Å². The molecule has 6 nitrogen and oxygen atoms in total. The Kier molecular flexibility index (Phi) is 7.40. The van der Waals surface area contributed by atoms with Gasteiger partial charge in [-0.25, -0.2) is 8.42 Å². The number of carbonyl (C=O) groups excluding carboxylic acids is 1. The third kappa shape index (κ3) is 5.26. The molecule has 1 aromatic carbocycles. The van der Waals surface area contributed by atoms with Crippen LogP contribution in [-0.4, -0.2) is 44.9 Å². The summed E-state index contributed by atoms with van der Waals surface area (Å²) in [5.41, 5.74) is 0.626. The van der Waals surface area contributed by atoms with E-state index in [0.29, 0.717) is 32.0 Å². The van der Waals surface area contributed by atoms with Crippen LogP contribution in [0.3, 0.4) is 0 Å². The zero-order valence-corrected chi connectivity index (χ0v) is 15.8. The van der Waals surface area contributed by atoms with Crippen LogP contribution in [0.1, 0.15) is 39.5 Å². The fourth-order valence-electron chi connectivity index (χ4n) is 2.86. The molecule has 1 fully saturated rings. The van der Waals surface area contributed by atoms with Gasteiger partial charge in [0, 0.05) is 24.7 Å². The molecule has 0 unspecified atom stereocenters. The lowest BCUT2D eigenvalue weighted by Gasteiger charge is -2.26. The van der Waals surface area contributed by atoms with E-state index in [0.717, 1.165) is 25.7 Å². The minimum Gasteiger partial charge on any atom is -0.379 e. The first kappa shape index (κ1) is 19.9. The van der Waals surface area contributed by atoms with Gasteiger partial charge in [0.2, 0.25) is 15.9 Å². The second-order valence-electron chi connectivity index (χ2n) is 6.28. The number of carbonyl (C=O) groups is 1. The molecule has 1 aromatic rings. The molecular formula is C18H28N2O4S. The smallest absolute Gasteiger partial charge is 0.243 e. The van der Waals surface area contributed by atoms with Gasteiger partial charge in [-0.15, -0.1) is 0 Å². The van der Waals surface area contributed by atoms with Crippen molar-refractivity contribution in [3.8, 4) is 0 Å². The summed E-state index contributed by atoms with van der Waals surface area (Å²) in [5, 5.41) is 2.89. The molecule has 0 saturated carbocycles. The number of nitrogens with one attached hydrogen (secondary N) is 1. The number of nitrogens with zero attached hydrogens (tertiary/aromatic N) is 1. The summed E-state index contributed by atoms with van der Waals surface area (Å²) in [7, 11) is -3.50. The van der Waals surface area contributed by atoms with Gasteiger partial charge in [-0.3, -0.25) is 4.79 Å². The Morgan fingerprint density at radius 2 is 1.84 bits per heavy atom. The number of amides is 1. The second kappa shape index (κ2) is 9.31. The Labute approximate surface area is 150 Å². The Bertz CT molecular complexity index is 652. The standard InChI is InChI=1S/C18H28N2O4S/c1-3-5-6-15(4-2)18(21)19-16-7-9-17(10-8-16)25(22,23)20-11-13-24-14-12-20/h7-10,15H,3-6,11-14H2,1-2H3,(H,19,21)/t15-/m0/s1. The quantitative estimate of drug-likeness (QED) is 0.765. The molecule has 25 heavy (non-hydrogen) atoms. The van der Waals surface area contributed by atoms with Gasteiger partial charge in [0.1, 0.15) is 0 Å². The Balaban J connectivity index is 2.02. The van der Waals surface area contributed by atoms with Crippen molar-refractivity contribution in [3.63, 3.8) is 0 Å². The number of morpholine rings is 1. The number of ether oxygens (including phenoxy) is 1. The SMILES string of the molecule is CCCC[C@H](CC)C(=O)Nc1ccc(S(=O)(=O)N2CCOCC2)cc1. The van der Waals surface area contributed by atoms with Crippen LogP contribution in [-0.2, 0) is 19.6 Å². The lowest BCUT2D eigenvalue weighted by atomic mass is 9.98. The van der Waals surface area contributed by atoms with Gasteiger partial charge >= 0.3 is 0 Å². The average molecular weight is 368 g/mol. The number of anilines is 1. The van der Waals surface area contributed by atoms with E-state index in [1.54, 1.807) is 24.3 Å². The number of hydrogen-bond donors (Lipinski definition) is 1. The van der Waals surface area contributed by atoms with E-state index in [4.69, 9.17) is 4.74 Å². The van der Waals surface area contributed by atoms with Gasteiger partial charge in [-0.2, -0.15) is 4.31 Å². The minimum atomic E-state index is -3.50. The third-order valence-electron chi connectivity index (χ3n) is 4.50. The van der Waals surface area contributed by atoms with Gasteiger partial charge < -0.3 is 10.1 Å². The molecule has 2 rings (SSSR count). The first-order valence-corrected chi connectivity index (χ1v) is 10.4. The summed E-state index contributed by atoms with van der Waals surface area (Å²) in [5.74, 6) is -0.00329. The van der Waals surface area contributed by atoms with Crippen molar-refractivity contribution >= 4 is 21.6 Å². The Hall–Kier alpha value is -1.44. The maximum atomic E-state index is 12.6. The number of hydrogen-bond acceptors (Lipinski definition) is 4. The van der Waals surface area contributed by atoms with Gasteiger partial charge in [0.25, 0.3) is 0 Å². The first-order valence-electron chi connectivity index (χ1n) is 8.97. The largest absolute Gasteiger partial charge is 0.379 e. The highest BCUT2D eigenvalue weighted by atomic mass is 32.2. The minimum absolute atomic E-state index is 0.000244. The fourth-order valence-corrected chi connectivity index (χ4v) is 4.27. The molecule has 1 atom stereocenters. The Morgan fingerprint density at radius 3 is 2.40 bits per heavy atom. The molecule has 0 aromatic heterocycles. The van der Waals surface area contributed by atoms with E-state index in [1.165, 1.54) is 4.31 Å². The molecular weight excluding hydrogens is 340 g/mol. The summed E-state index contributed by atoms with van der Waals surface area (Å²) in [6, 6.07) is 6.40. The lowest BCUT2D eigenvalue weighted by molar-refractivity contribution is -0.120. The summed E-state index contributed by atoms with van der Waals surface area (Å²) >= 11 is 0. The van der Waals surface area contributed by atoms with E-state index >= 15 is 0 Å². The van der Waals surface area contributed by atoms with Crippen LogP contribution in [0.15, 0.2) is 29.2 Å². The molecule has 140 valence electrons. The highest BCUT2D eigenvalue weighted by Crippen LogP contribution is 2.21. The van der Waals surface area contributed by atoms with Gasteiger partial charge in [-0.1, -0.05) is 26.7 Å². The van der Waals surface area contributed by atoms with Crippen LogP contribution in [0, 0.1) is 5.92 Å². The summed E-state index contributed by atoms with van der Waals surface area (Å²) in [6.45, 7) is 5.70. The summed E-state index contributed by atoms with van der Waals surface area (Å²) in [4.78, 5) is 12.6. The van der Waals surface area contributed by atoms with E-state index in [2.05, 4.69) is 12.2 Å². The molecule has 0 bridgehead atoms. The summed E-state index contributed by atoms with van der Waals surface area (Å²) < 4.78 is 31.8. The second-order valence-corrected chi connectivity index (χ2v) is 8.22. The maximum Gasteiger partial charge on any atom is 0.243 e. The predicted octanol–water partition coefficient (Wildman–Crippen LogP) is 2.86. The van der Waals surface area contributed by atoms with Gasteiger partial charge in [-0.05, 0) is 37.1 Å². The highest BCUT2D eigenvalue weighted by Gasteiger charge is 2.26. The number of unbranched alkanes of at least 4 members (excludes halogenated alkanes) is 1. The van der Waals surface area contributed by atoms with Crippen molar-refractivity contribution in [2.24, 2.45) is 5.92 Å². The molecule has 1 aliphatic heterocycles. The van der Waals surface area contributed by atoms with Gasteiger partial charge in [0.15, 0.2) is 0 Å². The van der Waals surface area contributed by atoms with Crippen LogP contribution < -0.4 is 5.32 Å². The van der Waals surface area contributed by atoms with Gasteiger partial charge in [0.05, 0.1) is 18.1 Å². The van der Waals surface area contributed by atoms with E-state index < -0.39 is 10.0 Å².